The third-order valence-electron chi connectivity index (χ3n) is 3.64. The number of nitrogens with one attached hydrogen (secondary N) is 1. The lowest BCUT2D eigenvalue weighted by Gasteiger charge is -2.23. The van der Waals surface area contributed by atoms with Crippen molar-refractivity contribution in [3.8, 4) is 5.75 Å². The third kappa shape index (κ3) is 5.62. The van der Waals surface area contributed by atoms with Crippen molar-refractivity contribution in [3.63, 3.8) is 0 Å². The Morgan fingerprint density at radius 2 is 2.23 bits per heavy atom. The van der Waals surface area contributed by atoms with Gasteiger partial charge in [0.2, 0.25) is 0 Å². The molecule has 1 aliphatic rings. The van der Waals surface area contributed by atoms with E-state index >= 15 is 0 Å². The Kier molecular flexibility index (Phi) is 7.38. The van der Waals surface area contributed by atoms with Gasteiger partial charge in [0.05, 0.1) is 6.54 Å². The van der Waals surface area contributed by atoms with Crippen LogP contribution in [-0.2, 0) is 0 Å². The summed E-state index contributed by atoms with van der Waals surface area (Å²) < 4.78 is 18.5. The monoisotopic (exact) mass is 421 g/mol. The van der Waals surface area contributed by atoms with Gasteiger partial charge in [-0.1, -0.05) is 19.9 Å². The van der Waals surface area contributed by atoms with Crippen molar-refractivity contribution in [1.82, 2.24) is 10.2 Å². The highest BCUT2D eigenvalue weighted by atomic mass is 127. The molecule has 0 bridgehead atoms. The lowest BCUT2D eigenvalue weighted by atomic mass is 9.93. The highest BCUT2D eigenvalue weighted by Gasteiger charge is 2.30. The van der Waals surface area contributed by atoms with Gasteiger partial charge in [0, 0.05) is 26.2 Å². The van der Waals surface area contributed by atoms with Gasteiger partial charge in [-0.05, 0) is 24.0 Å². The number of benzene rings is 1. The summed E-state index contributed by atoms with van der Waals surface area (Å²) in [6, 6.07) is 6.18. The predicted molar refractivity (Wildman–Crippen MR) is 98.6 cm³/mol. The third-order valence-corrected chi connectivity index (χ3v) is 3.64. The summed E-state index contributed by atoms with van der Waals surface area (Å²) in [5.41, 5.74) is 0.343. The van der Waals surface area contributed by atoms with E-state index in [-0.39, 0.29) is 29.8 Å². The van der Waals surface area contributed by atoms with Crippen molar-refractivity contribution < 1.29 is 9.13 Å². The molecule has 1 saturated heterocycles. The van der Waals surface area contributed by atoms with Gasteiger partial charge in [-0.15, -0.1) is 24.0 Å². The molecular formula is C16H25FIN3O. The number of rotatable bonds is 4. The van der Waals surface area contributed by atoms with Crippen LogP contribution in [0, 0.1) is 11.2 Å². The first-order valence-electron chi connectivity index (χ1n) is 7.34. The van der Waals surface area contributed by atoms with Crippen LogP contribution in [0.15, 0.2) is 29.3 Å². The van der Waals surface area contributed by atoms with E-state index in [1.807, 2.05) is 0 Å². The van der Waals surface area contributed by atoms with E-state index in [1.54, 1.807) is 19.2 Å². The molecule has 2 rings (SSSR count). The van der Waals surface area contributed by atoms with Gasteiger partial charge in [0.25, 0.3) is 0 Å². The molecule has 0 amide bonds. The minimum absolute atomic E-state index is 0. The van der Waals surface area contributed by atoms with Gasteiger partial charge in [-0.25, -0.2) is 4.39 Å². The minimum Gasteiger partial charge on any atom is -0.492 e. The SMILES string of the molecule is CN=C(NCCOc1cccc(F)c1)N1CCC(C)(C)C1.I. The van der Waals surface area contributed by atoms with Crippen LogP contribution in [0.3, 0.4) is 0 Å². The summed E-state index contributed by atoms with van der Waals surface area (Å²) in [6.45, 7) is 7.69. The average Bonchev–Trinajstić information content (AvgIpc) is 2.79. The smallest absolute Gasteiger partial charge is 0.193 e. The van der Waals surface area contributed by atoms with E-state index in [0.717, 1.165) is 19.0 Å². The first kappa shape index (κ1) is 19.0. The van der Waals surface area contributed by atoms with Crippen molar-refractivity contribution in [1.29, 1.82) is 0 Å². The van der Waals surface area contributed by atoms with Crippen LogP contribution in [0.25, 0.3) is 0 Å². The van der Waals surface area contributed by atoms with Gasteiger partial charge in [0.1, 0.15) is 18.2 Å². The van der Waals surface area contributed by atoms with E-state index in [0.29, 0.717) is 24.3 Å². The Balaban J connectivity index is 0.00000242. The molecule has 1 aromatic carbocycles. The maximum absolute atomic E-state index is 13.0. The number of guanidine groups is 1. The number of hydrogen-bond acceptors (Lipinski definition) is 2. The number of likely N-dealkylation sites (tertiary alicyclic amines) is 1. The van der Waals surface area contributed by atoms with E-state index in [2.05, 4.69) is 29.1 Å². The average molecular weight is 421 g/mol. The normalized spacial score (nSPS) is 17.1. The Morgan fingerprint density at radius 3 is 2.82 bits per heavy atom. The van der Waals surface area contributed by atoms with E-state index in [1.165, 1.54) is 18.6 Å². The topological polar surface area (TPSA) is 36.9 Å². The Labute approximate surface area is 149 Å². The summed E-state index contributed by atoms with van der Waals surface area (Å²) >= 11 is 0. The maximum Gasteiger partial charge on any atom is 0.193 e. The lowest BCUT2D eigenvalue weighted by molar-refractivity contribution is 0.316. The molecule has 22 heavy (non-hydrogen) atoms. The molecule has 1 aliphatic heterocycles. The highest BCUT2D eigenvalue weighted by Crippen LogP contribution is 2.28. The quantitative estimate of drug-likeness (QED) is 0.351. The molecule has 1 N–H and O–H groups in total. The van der Waals surface area contributed by atoms with Crippen molar-refractivity contribution >= 4 is 29.9 Å². The van der Waals surface area contributed by atoms with Crippen LogP contribution in [0.1, 0.15) is 20.3 Å². The zero-order valence-corrected chi connectivity index (χ0v) is 15.8. The van der Waals surface area contributed by atoms with Gasteiger partial charge in [-0.3, -0.25) is 4.99 Å². The number of aliphatic imine (C=N–C) groups is 1. The molecule has 6 heteroatoms. The fourth-order valence-electron chi connectivity index (χ4n) is 2.51. The molecule has 1 aromatic rings. The number of nitrogens with zero attached hydrogens (tertiary/aromatic N) is 2. The van der Waals surface area contributed by atoms with Crippen LogP contribution in [0.5, 0.6) is 5.75 Å². The molecule has 1 fully saturated rings. The Bertz CT molecular complexity index is 508. The van der Waals surface area contributed by atoms with Crippen LogP contribution in [0.4, 0.5) is 4.39 Å². The maximum atomic E-state index is 13.0. The van der Waals surface area contributed by atoms with Crippen molar-refractivity contribution in [3.05, 3.63) is 30.1 Å². The number of ether oxygens (including phenoxy) is 1. The molecule has 1 heterocycles. The van der Waals surface area contributed by atoms with Crippen LogP contribution < -0.4 is 10.1 Å². The standard InChI is InChI=1S/C16H24FN3O.HI/c1-16(2)7-9-20(12-16)15(18-3)19-8-10-21-14-6-4-5-13(17)11-14;/h4-6,11H,7-10,12H2,1-3H3,(H,18,19);1H. The summed E-state index contributed by atoms with van der Waals surface area (Å²) in [6.07, 6.45) is 1.17. The second-order valence-electron chi connectivity index (χ2n) is 6.12. The first-order valence-corrected chi connectivity index (χ1v) is 7.34. The molecule has 0 unspecified atom stereocenters. The zero-order chi connectivity index (χ0) is 15.3. The van der Waals surface area contributed by atoms with E-state index in [4.69, 9.17) is 4.74 Å². The van der Waals surface area contributed by atoms with Gasteiger partial charge < -0.3 is 15.0 Å². The molecule has 0 aromatic heterocycles. The fourth-order valence-corrected chi connectivity index (χ4v) is 2.51. The summed E-state index contributed by atoms with van der Waals surface area (Å²) in [4.78, 5) is 6.58. The lowest BCUT2D eigenvalue weighted by Crippen LogP contribution is -2.42. The van der Waals surface area contributed by atoms with Gasteiger partial charge in [0.15, 0.2) is 5.96 Å². The van der Waals surface area contributed by atoms with Crippen molar-refractivity contribution in [2.75, 3.05) is 33.3 Å². The largest absolute Gasteiger partial charge is 0.492 e. The van der Waals surface area contributed by atoms with Gasteiger partial charge >= 0.3 is 0 Å². The van der Waals surface area contributed by atoms with Crippen molar-refractivity contribution in [2.24, 2.45) is 10.4 Å². The van der Waals surface area contributed by atoms with Crippen LogP contribution in [-0.4, -0.2) is 44.1 Å². The second-order valence-corrected chi connectivity index (χ2v) is 6.12. The summed E-state index contributed by atoms with van der Waals surface area (Å²) in [5.74, 6) is 1.17. The van der Waals surface area contributed by atoms with E-state index < -0.39 is 0 Å². The summed E-state index contributed by atoms with van der Waals surface area (Å²) in [5, 5.41) is 3.29. The Hall–Kier alpha value is -1.05. The number of halogens is 2. The molecular weight excluding hydrogens is 396 g/mol. The molecule has 0 atom stereocenters. The minimum atomic E-state index is -0.282. The van der Waals surface area contributed by atoms with Crippen LogP contribution in [0.2, 0.25) is 0 Å². The molecule has 0 spiro atoms. The van der Waals surface area contributed by atoms with Crippen molar-refractivity contribution in [2.45, 2.75) is 20.3 Å². The molecule has 0 saturated carbocycles. The van der Waals surface area contributed by atoms with Gasteiger partial charge in [-0.2, -0.15) is 0 Å². The highest BCUT2D eigenvalue weighted by molar-refractivity contribution is 14.0. The summed E-state index contributed by atoms with van der Waals surface area (Å²) in [7, 11) is 1.79. The van der Waals surface area contributed by atoms with Crippen LogP contribution >= 0.6 is 24.0 Å². The molecule has 0 aliphatic carbocycles. The fraction of sp³-hybridized carbons (Fsp3) is 0.562. The second kappa shape index (κ2) is 8.55. The first-order chi connectivity index (χ1) is 10.00. The molecule has 0 radical (unpaired) electrons. The molecule has 124 valence electrons. The number of hydrogen-bond donors (Lipinski definition) is 1. The zero-order valence-electron chi connectivity index (χ0n) is 13.4. The predicted octanol–water partition coefficient (Wildman–Crippen LogP) is 3.13. The Morgan fingerprint density at radius 1 is 1.45 bits per heavy atom. The van der Waals surface area contributed by atoms with E-state index in [9.17, 15) is 4.39 Å². The molecule has 4 nitrogen and oxygen atoms in total.